The molecule has 0 aromatic heterocycles. The zero-order valence-corrected chi connectivity index (χ0v) is 12.6. The standard InChI is InChI=1S/C18H18ClNO/c19-14-7-5-13(6-8-14)17-15-3-1-2-4-16(15)18(21-17)9-11-20-12-10-18/h1-8,17,20H,9-12H2/t17-/m1/s1. The second-order valence-corrected chi connectivity index (χ2v) is 6.32. The second kappa shape index (κ2) is 5.13. The number of nitrogens with one attached hydrogen (secondary N) is 1. The minimum absolute atomic E-state index is 0.0246. The van der Waals surface area contributed by atoms with Gasteiger partial charge in [-0.25, -0.2) is 0 Å². The highest BCUT2D eigenvalue weighted by atomic mass is 35.5. The van der Waals surface area contributed by atoms with Gasteiger partial charge in [-0.1, -0.05) is 48.0 Å². The first-order valence-electron chi connectivity index (χ1n) is 7.52. The van der Waals surface area contributed by atoms with Crippen LogP contribution in [0.3, 0.4) is 0 Å². The fourth-order valence-electron chi connectivity index (χ4n) is 3.60. The molecule has 0 bridgehead atoms. The van der Waals surface area contributed by atoms with E-state index in [-0.39, 0.29) is 11.7 Å². The van der Waals surface area contributed by atoms with Crippen LogP contribution in [0.5, 0.6) is 0 Å². The number of hydrogen-bond acceptors (Lipinski definition) is 2. The lowest BCUT2D eigenvalue weighted by Gasteiger charge is -2.34. The summed E-state index contributed by atoms with van der Waals surface area (Å²) in [5, 5.41) is 4.20. The van der Waals surface area contributed by atoms with Crippen LogP contribution in [-0.4, -0.2) is 13.1 Å². The van der Waals surface area contributed by atoms with Gasteiger partial charge in [0.15, 0.2) is 0 Å². The molecule has 0 radical (unpaired) electrons. The van der Waals surface area contributed by atoms with Gasteiger partial charge in [-0.05, 0) is 54.8 Å². The summed E-state index contributed by atoms with van der Waals surface area (Å²) in [7, 11) is 0. The summed E-state index contributed by atoms with van der Waals surface area (Å²) in [6, 6.07) is 16.7. The van der Waals surface area contributed by atoms with E-state index in [2.05, 4.69) is 41.7 Å². The lowest BCUT2D eigenvalue weighted by atomic mass is 9.84. The van der Waals surface area contributed by atoms with Crippen molar-refractivity contribution in [1.29, 1.82) is 0 Å². The molecule has 21 heavy (non-hydrogen) atoms. The third-order valence-electron chi connectivity index (χ3n) is 4.66. The number of hydrogen-bond donors (Lipinski definition) is 1. The molecule has 2 aromatic rings. The van der Waals surface area contributed by atoms with Crippen molar-refractivity contribution in [2.24, 2.45) is 0 Å². The smallest absolute Gasteiger partial charge is 0.109 e. The van der Waals surface area contributed by atoms with E-state index in [0.29, 0.717) is 0 Å². The lowest BCUT2D eigenvalue weighted by molar-refractivity contribution is -0.0798. The van der Waals surface area contributed by atoms with Crippen molar-refractivity contribution < 1.29 is 4.74 Å². The van der Waals surface area contributed by atoms with Gasteiger partial charge in [0, 0.05) is 5.02 Å². The summed E-state index contributed by atoms with van der Waals surface area (Å²) < 4.78 is 6.60. The van der Waals surface area contributed by atoms with Gasteiger partial charge in [-0.2, -0.15) is 0 Å². The van der Waals surface area contributed by atoms with Crippen molar-refractivity contribution in [2.75, 3.05) is 13.1 Å². The van der Waals surface area contributed by atoms with Crippen LogP contribution in [0.1, 0.15) is 35.6 Å². The zero-order valence-electron chi connectivity index (χ0n) is 11.8. The third kappa shape index (κ3) is 2.18. The van der Waals surface area contributed by atoms with Gasteiger partial charge < -0.3 is 10.1 Å². The summed E-state index contributed by atoms with van der Waals surface area (Å²) in [6.45, 7) is 2.03. The quantitative estimate of drug-likeness (QED) is 0.858. The minimum atomic E-state index is -0.119. The van der Waals surface area contributed by atoms with Crippen LogP contribution in [0.15, 0.2) is 48.5 Å². The van der Waals surface area contributed by atoms with Crippen LogP contribution in [0.4, 0.5) is 0 Å². The summed E-state index contributed by atoms with van der Waals surface area (Å²) in [6.07, 6.45) is 2.10. The van der Waals surface area contributed by atoms with Gasteiger partial charge in [-0.15, -0.1) is 0 Å². The van der Waals surface area contributed by atoms with Crippen LogP contribution in [-0.2, 0) is 10.3 Å². The topological polar surface area (TPSA) is 21.3 Å². The van der Waals surface area contributed by atoms with Gasteiger partial charge in [0.05, 0.1) is 5.60 Å². The molecule has 2 aliphatic rings. The summed E-state index contributed by atoms with van der Waals surface area (Å²) in [5.74, 6) is 0. The van der Waals surface area contributed by atoms with E-state index < -0.39 is 0 Å². The van der Waals surface area contributed by atoms with Gasteiger partial charge in [0.25, 0.3) is 0 Å². The maximum Gasteiger partial charge on any atom is 0.109 e. The maximum atomic E-state index is 6.60. The molecule has 1 spiro atoms. The number of halogens is 1. The average molecular weight is 300 g/mol. The fourth-order valence-corrected chi connectivity index (χ4v) is 3.72. The number of rotatable bonds is 1. The minimum Gasteiger partial charge on any atom is -0.358 e. The van der Waals surface area contributed by atoms with E-state index in [9.17, 15) is 0 Å². The van der Waals surface area contributed by atoms with E-state index in [0.717, 1.165) is 31.0 Å². The van der Waals surface area contributed by atoms with E-state index in [1.165, 1.54) is 16.7 Å². The number of piperidine rings is 1. The summed E-state index contributed by atoms with van der Waals surface area (Å²) in [4.78, 5) is 0. The highest BCUT2D eigenvalue weighted by molar-refractivity contribution is 6.30. The molecule has 2 heterocycles. The SMILES string of the molecule is Clc1ccc([C@H]2OC3(CCNCC3)c3ccccc32)cc1. The molecule has 1 N–H and O–H groups in total. The van der Waals surface area contributed by atoms with Crippen molar-refractivity contribution in [3.8, 4) is 0 Å². The molecule has 2 aromatic carbocycles. The Morgan fingerprint density at radius 2 is 1.71 bits per heavy atom. The highest BCUT2D eigenvalue weighted by Gasteiger charge is 2.45. The molecule has 0 unspecified atom stereocenters. The van der Waals surface area contributed by atoms with E-state index >= 15 is 0 Å². The van der Waals surface area contributed by atoms with E-state index in [1.54, 1.807) is 0 Å². The van der Waals surface area contributed by atoms with Crippen molar-refractivity contribution in [1.82, 2.24) is 5.32 Å². The predicted molar refractivity (Wildman–Crippen MR) is 84.6 cm³/mol. The first-order valence-corrected chi connectivity index (χ1v) is 7.90. The molecule has 1 saturated heterocycles. The van der Waals surface area contributed by atoms with Crippen LogP contribution < -0.4 is 5.32 Å². The molecular formula is C18H18ClNO. The third-order valence-corrected chi connectivity index (χ3v) is 4.91. The number of ether oxygens (including phenoxy) is 1. The molecule has 0 saturated carbocycles. The predicted octanol–water partition coefficient (Wildman–Crippen LogP) is 4.04. The first-order chi connectivity index (χ1) is 10.3. The van der Waals surface area contributed by atoms with E-state index in [4.69, 9.17) is 16.3 Å². The van der Waals surface area contributed by atoms with Crippen LogP contribution in [0.2, 0.25) is 5.02 Å². The summed E-state index contributed by atoms with van der Waals surface area (Å²) >= 11 is 6.01. The maximum absolute atomic E-state index is 6.60. The Labute approximate surface area is 130 Å². The first kappa shape index (κ1) is 13.3. The molecule has 2 nitrogen and oxygen atoms in total. The largest absolute Gasteiger partial charge is 0.358 e. The molecule has 4 rings (SSSR count). The second-order valence-electron chi connectivity index (χ2n) is 5.88. The summed E-state index contributed by atoms with van der Waals surface area (Å²) in [5.41, 5.74) is 3.74. The van der Waals surface area contributed by atoms with Gasteiger partial charge in [-0.3, -0.25) is 0 Å². The Balaban J connectivity index is 1.79. The molecule has 2 aliphatic heterocycles. The van der Waals surface area contributed by atoms with Gasteiger partial charge >= 0.3 is 0 Å². The monoisotopic (exact) mass is 299 g/mol. The van der Waals surface area contributed by atoms with Gasteiger partial charge in [0.1, 0.15) is 6.10 Å². The Morgan fingerprint density at radius 1 is 1.00 bits per heavy atom. The van der Waals surface area contributed by atoms with Crippen LogP contribution in [0.25, 0.3) is 0 Å². The normalized spacial score (nSPS) is 23.2. The van der Waals surface area contributed by atoms with Crippen molar-refractivity contribution in [2.45, 2.75) is 24.5 Å². The average Bonchev–Trinajstić information content (AvgIpc) is 2.84. The molecule has 0 amide bonds. The van der Waals surface area contributed by atoms with Crippen molar-refractivity contribution >= 4 is 11.6 Å². The van der Waals surface area contributed by atoms with Crippen molar-refractivity contribution in [3.63, 3.8) is 0 Å². The van der Waals surface area contributed by atoms with Crippen molar-refractivity contribution in [3.05, 3.63) is 70.2 Å². The highest BCUT2D eigenvalue weighted by Crippen LogP contribution is 2.50. The molecule has 0 aliphatic carbocycles. The Hall–Kier alpha value is -1.35. The fraction of sp³-hybridized carbons (Fsp3) is 0.333. The molecule has 108 valence electrons. The number of benzene rings is 2. The van der Waals surface area contributed by atoms with Crippen LogP contribution in [0, 0.1) is 0 Å². The lowest BCUT2D eigenvalue weighted by Crippen LogP contribution is -2.39. The van der Waals surface area contributed by atoms with E-state index in [1.807, 2.05) is 12.1 Å². The number of fused-ring (bicyclic) bond motifs is 2. The Bertz CT molecular complexity index is 647. The Kier molecular flexibility index (Phi) is 3.26. The molecular weight excluding hydrogens is 282 g/mol. The molecule has 3 heteroatoms. The molecule has 1 fully saturated rings. The van der Waals surface area contributed by atoms with Crippen LogP contribution >= 0.6 is 11.6 Å². The van der Waals surface area contributed by atoms with Gasteiger partial charge in [0.2, 0.25) is 0 Å². The molecule has 1 atom stereocenters. The zero-order chi connectivity index (χ0) is 14.3. The Morgan fingerprint density at radius 3 is 2.48 bits per heavy atom.